The van der Waals surface area contributed by atoms with Gasteiger partial charge in [-0.05, 0) is 43.9 Å². The molecule has 1 saturated heterocycles. The maximum Gasteiger partial charge on any atom is 0.257 e. The van der Waals surface area contributed by atoms with Crippen LogP contribution < -0.4 is 10.1 Å². The zero-order valence-electron chi connectivity index (χ0n) is 19.7. The minimum absolute atomic E-state index is 0.0333. The van der Waals surface area contributed by atoms with E-state index >= 15 is 0 Å². The molecule has 2 aromatic rings. The Morgan fingerprint density at radius 1 is 1.06 bits per heavy atom. The number of para-hydroxylation sites is 1. The van der Waals surface area contributed by atoms with Crippen LogP contribution in [-0.4, -0.2) is 77.1 Å². The molecule has 3 aliphatic heterocycles. The average Bonchev–Trinajstić information content (AvgIpc) is 3.37. The minimum Gasteiger partial charge on any atom is -0.491 e. The lowest BCUT2D eigenvalue weighted by atomic mass is 9.73. The van der Waals surface area contributed by atoms with Gasteiger partial charge in [-0.2, -0.15) is 5.10 Å². The van der Waals surface area contributed by atoms with Crippen LogP contribution in [0.15, 0.2) is 42.7 Å². The Bertz CT molecular complexity index is 998. The van der Waals surface area contributed by atoms with Crippen LogP contribution in [0.5, 0.6) is 5.75 Å². The van der Waals surface area contributed by atoms with Crippen molar-refractivity contribution in [2.75, 3.05) is 39.8 Å². The first kappa shape index (κ1) is 23.8. The Balaban J connectivity index is 1.56. The van der Waals surface area contributed by atoms with E-state index in [1.807, 2.05) is 17.0 Å². The SMILES string of the molecule is CNC(=O)C12CCCCN(C(=O)Cn3cccn3)CCOc3ccccc3C(=O)N(CC1)CC2. The molecule has 9 nitrogen and oxygen atoms in total. The van der Waals surface area contributed by atoms with Crippen LogP contribution in [0.4, 0.5) is 0 Å². The number of hydrogen-bond acceptors (Lipinski definition) is 5. The lowest BCUT2D eigenvalue weighted by Crippen LogP contribution is -2.49. The normalized spacial score (nSPS) is 18.9. The highest BCUT2D eigenvalue weighted by atomic mass is 16.5. The molecule has 0 saturated carbocycles. The molecule has 1 fully saturated rings. The van der Waals surface area contributed by atoms with Gasteiger partial charge >= 0.3 is 0 Å². The van der Waals surface area contributed by atoms with Crippen molar-refractivity contribution in [3.63, 3.8) is 0 Å². The maximum atomic E-state index is 13.3. The second-order valence-corrected chi connectivity index (χ2v) is 9.04. The number of hydrogen-bond donors (Lipinski definition) is 1. The van der Waals surface area contributed by atoms with Crippen LogP contribution in [0.1, 0.15) is 42.5 Å². The van der Waals surface area contributed by atoms with Crippen LogP contribution in [0, 0.1) is 5.41 Å². The van der Waals surface area contributed by atoms with Crippen molar-refractivity contribution in [1.29, 1.82) is 0 Å². The third kappa shape index (κ3) is 5.24. The zero-order valence-corrected chi connectivity index (χ0v) is 19.7. The molecule has 1 aromatic carbocycles. The Labute approximate surface area is 200 Å². The minimum atomic E-state index is -0.481. The summed E-state index contributed by atoms with van der Waals surface area (Å²) in [6.07, 6.45) is 7.04. The largest absolute Gasteiger partial charge is 0.491 e. The molecule has 3 amide bonds. The number of carbonyl (C=O) groups excluding carboxylic acids is 3. The van der Waals surface area contributed by atoms with Gasteiger partial charge in [0.2, 0.25) is 11.8 Å². The van der Waals surface area contributed by atoms with Gasteiger partial charge in [-0.3, -0.25) is 19.1 Å². The fourth-order valence-corrected chi connectivity index (χ4v) is 4.96. The molecule has 4 heterocycles. The fourth-order valence-electron chi connectivity index (χ4n) is 4.96. The predicted molar refractivity (Wildman–Crippen MR) is 126 cm³/mol. The Morgan fingerprint density at radius 3 is 2.59 bits per heavy atom. The molecule has 0 radical (unpaired) electrons. The molecule has 0 aliphatic carbocycles. The van der Waals surface area contributed by atoms with E-state index in [-0.39, 0.29) is 30.9 Å². The van der Waals surface area contributed by atoms with Crippen molar-refractivity contribution in [2.24, 2.45) is 5.41 Å². The molecule has 0 atom stereocenters. The van der Waals surface area contributed by atoms with E-state index < -0.39 is 5.41 Å². The number of aromatic nitrogens is 2. The summed E-state index contributed by atoms with van der Waals surface area (Å²) in [5.74, 6) is 0.445. The van der Waals surface area contributed by atoms with E-state index in [1.54, 1.807) is 47.2 Å². The topological polar surface area (TPSA) is 96.8 Å². The molecule has 1 aromatic heterocycles. The first-order valence-electron chi connectivity index (χ1n) is 12.0. The highest BCUT2D eigenvalue weighted by Crippen LogP contribution is 2.38. The Kier molecular flexibility index (Phi) is 7.49. The first-order chi connectivity index (χ1) is 16.5. The third-order valence-electron chi connectivity index (χ3n) is 7.00. The van der Waals surface area contributed by atoms with E-state index in [0.29, 0.717) is 50.3 Å². The van der Waals surface area contributed by atoms with Crippen molar-refractivity contribution in [2.45, 2.75) is 38.6 Å². The van der Waals surface area contributed by atoms with Gasteiger partial charge in [0, 0.05) is 39.1 Å². The quantitative estimate of drug-likeness (QED) is 0.744. The number of fused-ring (bicyclic) bond motifs is 9. The molecule has 0 unspecified atom stereocenters. The van der Waals surface area contributed by atoms with Gasteiger partial charge in [0.15, 0.2) is 0 Å². The summed E-state index contributed by atoms with van der Waals surface area (Å²) >= 11 is 0. The fraction of sp³-hybridized carbons (Fsp3) is 0.520. The second kappa shape index (κ2) is 10.7. The zero-order chi connectivity index (χ0) is 24.0. The van der Waals surface area contributed by atoms with Gasteiger partial charge in [-0.1, -0.05) is 18.6 Å². The number of ether oxygens (including phenoxy) is 1. The molecular formula is C25H33N5O4. The average molecular weight is 468 g/mol. The summed E-state index contributed by atoms with van der Waals surface area (Å²) in [7, 11) is 1.67. The third-order valence-corrected chi connectivity index (χ3v) is 7.00. The molecule has 182 valence electrons. The molecule has 5 rings (SSSR count). The lowest BCUT2D eigenvalue weighted by molar-refractivity contribution is -0.134. The van der Waals surface area contributed by atoms with Gasteiger partial charge in [0.1, 0.15) is 18.9 Å². The van der Waals surface area contributed by atoms with Crippen LogP contribution in [0.2, 0.25) is 0 Å². The molecule has 9 heteroatoms. The monoisotopic (exact) mass is 467 g/mol. The van der Waals surface area contributed by atoms with Crippen molar-refractivity contribution in [1.82, 2.24) is 24.9 Å². The van der Waals surface area contributed by atoms with Crippen LogP contribution >= 0.6 is 0 Å². The van der Waals surface area contributed by atoms with Crippen molar-refractivity contribution in [3.05, 3.63) is 48.3 Å². The smallest absolute Gasteiger partial charge is 0.257 e. The molecule has 0 spiro atoms. The highest BCUT2D eigenvalue weighted by molar-refractivity contribution is 5.97. The standard InChI is InChI=1S/C25H33N5O4/c1-26-24(33)25-9-4-5-13-28(22(31)19-30-14-6-12-27-30)17-18-34-21-8-3-2-7-20(21)23(32)29(15-10-25)16-11-25/h2-3,6-8,12,14H,4-5,9-11,13,15-19H2,1H3,(H,26,33). The summed E-state index contributed by atoms with van der Waals surface area (Å²) in [5, 5.41) is 6.98. The van der Waals surface area contributed by atoms with Crippen molar-refractivity contribution < 1.29 is 19.1 Å². The van der Waals surface area contributed by atoms with Gasteiger partial charge in [0.25, 0.3) is 5.91 Å². The molecule has 2 bridgehead atoms. The van der Waals surface area contributed by atoms with E-state index in [0.717, 1.165) is 19.3 Å². The number of benzene rings is 1. The van der Waals surface area contributed by atoms with E-state index in [4.69, 9.17) is 4.74 Å². The van der Waals surface area contributed by atoms with Gasteiger partial charge in [0.05, 0.1) is 17.5 Å². The number of rotatable bonds is 3. The summed E-state index contributed by atoms with van der Waals surface area (Å²) in [5.41, 5.74) is 0.0326. The number of nitrogens with zero attached hydrogens (tertiary/aromatic N) is 4. The van der Waals surface area contributed by atoms with Crippen molar-refractivity contribution >= 4 is 17.7 Å². The maximum absolute atomic E-state index is 13.3. The van der Waals surface area contributed by atoms with Gasteiger partial charge in [-0.15, -0.1) is 0 Å². The van der Waals surface area contributed by atoms with E-state index in [2.05, 4.69) is 10.4 Å². The Morgan fingerprint density at radius 2 is 1.85 bits per heavy atom. The number of piperidine rings is 1. The summed E-state index contributed by atoms with van der Waals surface area (Å²) in [6, 6.07) is 9.02. The van der Waals surface area contributed by atoms with E-state index in [9.17, 15) is 14.4 Å². The van der Waals surface area contributed by atoms with Gasteiger partial charge < -0.3 is 19.9 Å². The number of amides is 3. The number of carbonyl (C=O) groups is 3. The van der Waals surface area contributed by atoms with Gasteiger partial charge in [-0.25, -0.2) is 0 Å². The van der Waals surface area contributed by atoms with Crippen LogP contribution in [-0.2, 0) is 16.1 Å². The Hall–Kier alpha value is -3.36. The first-order valence-corrected chi connectivity index (χ1v) is 12.0. The van der Waals surface area contributed by atoms with E-state index in [1.165, 1.54) is 0 Å². The summed E-state index contributed by atoms with van der Waals surface area (Å²) < 4.78 is 7.61. The molecule has 34 heavy (non-hydrogen) atoms. The number of nitrogens with one attached hydrogen (secondary N) is 1. The predicted octanol–water partition coefficient (Wildman–Crippen LogP) is 1.94. The molecule has 3 aliphatic rings. The lowest BCUT2D eigenvalue weighted by Gasteiger charge is -2.40. The van der Waals surface area contributed by atoms with Crippen molar-refractivity contribution in [3.8, 4) is 5.75 Å². The summed E-state index contributed by atoms with van der Waals surface area (Å²) in [6.45, 7) is 2.52. The summed E-state index contributed by atoms with van der Waals surface area (Å²) in [4.78, 5) is 42.8. The highest BCUT2D eigenvalue weighted by Gasteiger charge is 2.41. The molecule has 1 N–H and O–H groups in total. The molecular weight excluding hydrogens is 434 g/mol. The van der Waals surface area contributed by atoms with Crippen LogP contribution in [0.3, 0.4) is 0 Å². The second-order valence-electron chi connectivity index (χ2n) is 9.04. The van der Waals surface area contributed by atoms with Crippen LogP contribution in [0.25, 0.3) is 0 Å².